The topological polar surface area (TPSA) is 109 Å². The molecular weight excluding hydrogens is 488 g/mol. The van der Waals surface area contributed by atoms with E-state index in [2.05, 4.69) is 0 Å². The summed E-state index contributed by atoms with van der Waals surface area (Å²) in [4.78, 5) is 41.3. The molecule has 0 saturated carbocycles. The molecule has 1 unspecified atom stereocenters. The maximum atomic E-state index is 14.5. The molecule has 4 rings (SSSR count). The van der Waals surface area contributed by atoms with Crippen LogP contribution >= 0.6 is 0 Å². The van der Waals surface area contributed by atoms with Crippen molar-refractivity contribution < 1.29 is 37.4 Å². The highest BCUT2D eigenvalue weighted by molar-refractivity contribution is 6.00. The highest BCUT2D eigenvalue weighted by Crippen LogP contribution is 2.41. The van der Waals surface area contributed by atoms with Crippen molar-refractivity contribution in [1.29, 1.82) is 5.26 Å². The molecule has 2 amide bonds. The summed E-state index contributed by atoms with van der Waals surface area (Å²) in [7, 11) is 2.57. The van der Waals surface area contributed by atoms with Crippen LogP contribution in [-0.2, 0) is 4.79 Å². The maximum absolute atomic E-state index is 14.5. The largest absolute Gasteiger partial charge is 0.493 e. The third-order valence-corrected chi connectivity index (χ3v) is 6.41. The van der Waals surface area contributed by atoms with E-state index >= 15 is 0 Å². The molecule has 2 fully saturated rings. The van der Waals surface area contributed by atoms with Gasteiger partial charge in [-0.3, -0.25) is 9.59 Å². The van der Waals surface area contributed by atoms with Gasteiger partial charge in [-0.2, -0.15) is 5.26 Å². The lowest BCUT2D eigenvalue weighted by Crippen LogP contribution is -2.49. The van der Waals surface area contributed by atoms with Crippen LogP contribution in [0.25, 0.3) is 0 Å². The first kappa shape index (κ1) is 25.9. The highest BCUT2D eigenvalue weighted by atomic mass is 19.3. The SMILES string of the molecule is COc1cc(C(=O)N2CC(F)(F)C[C@H]2C(=O)N2CCCC2C#N)cc(OC)c1OC(=O)c1ccccc1. The maximum Gasteiger partial charge on any atom is 0.343 e. The zero-order valence-corrected chi connectivity index (χ0v) is 20.3. The zero-order valence-electron chi connectivity index (χ0n) is 20.3. The third-order valence-electron chi connectivity index (χ3n) is 6.41. The molecule has 2 aromatic carbocycles. The summed E-state index contributed by atoms with van der Waals surface area (Å²) in [6.07, 6.45) is 0.197. The van der Waals surface area contributed by atoms with Crippen molar-refractivity contribution >= 4 is 17.8 Å². The number of carbonyl (C=O) groups excluding carboxylic acids is 3. The van der Waals surface area contributed by atoms with E-state index < -0.39 is 48.8 Å². The van der Waals surface area contributed by atoms with Crippen LogP contribution in [0.3, 0.4) is 0 Å². The standard InChI is InChI=1S/C26H25F2N3O6/c1-35-20-11-17(12-21(36-2)22(20)37-25(34)16-7-4-3-5-8-16)23(32)31-15-26(27,28)13-19(31)24(33)30-10-6-9-18(30)14-29/h3-5,7-8,11-12,18-19H,6,9-10,13,15H2,1-2H3/t18?,19-/m0/s1. The van der Waals surface area contributed by atoms with Crippen LogP contribution in [0.2, 0.25) is 0 Å². The van der Waals surface area contributed by atoms with E-state index in [9.17, 15) is 28.4 Å². The summed E-state index contributed by atoms with van der Waals surface area (Å²) in [6, 6.07) is 10.5. The number of halogens is 2. The van der Waals surface area contributed by atoms with Gasteiger partial charge < -0.3 is 24.0 Å². The summed E-state index contributed by atoms with van der Waals surface area (Å²) >= 11 is 0. The highest BCUT2D eigenvalue weighted by Gasteiger charge is 2.52. The van der Waals surface area contributed by atoms with Gasteiger partial charge in [-0.1, -0.05) is 18.2 Å². The van der Waals surface area contributed by atoms with Crippen molar-refractivity contribution in [3.05, 3.63) is 53.6 Å². The summed E-state index contributed by atoms with van der Waals surface area (Å²) < 4.78 is 45.0. The van der Waals surface area contributed by atoms with Crippen molar-refractivity contribution in [3.8, 4) is 23.3 Å². The second-order valence-corrected chi connectivity index (χ2v) is 8.79. The minimum Gasteiger partial charge on any atom is -0.493 e. The van der Waals surface area contributed by atoms with Crippen molar-refractivity contribution in [3.63, 3.8) is 0 Å². The number of nitriles is 1. The molecule has 0 radical (unpaired) electrons. The number of amides is 2. The average Bonchev–Trinajstić information content (AvgIpc) is 3.52. The molecule has 0 aliphatic carbocycles. The van der Waals surface area contributed by atoms with Gasteiger partial charge in [0.1, 0.15) is 12.1 Å². The van der Waals surface area contributed by atoms with Gasteiger partial charge in [0.2, 0.25) is 11.7 Å². The van der Waals surface area contributed by atoms with E-state index in [-0.39, 0.29) is 34.9 Å². The molecule has 2 aromatic rings. The lowest BCUT2D eigenvalue weighted by molar-refractivity contribution is -0.135. The van der Waals surface area contributed by atoms with Gasteiger partial charge in [0.15, 0.2) is 11.5 Å². The number of ether oxygens (including phenoxy) is 3. The van der Waals surface area contributed by atoms with Crippen LogP contribution in [0, 0.1) is 11.3 Å². The Morgan fingerprint density at radius 1 is 1.03 bits per heavy atom. The Labute approximate surface area is 212 Å². The molecule has 2 saturated heterocycles. The summed E-state index contributed by atoms with van der Waals surface area (Å²) in [6.45, 7) is -0.688. The van der Waals surface area contributed by atoms with Crippen LogP contribution < -0.4 is 14.2 Å². The van der Waals surface area contributed by atoms with Gasteiger partial charge >= 0.3 is 5.97 Å². The summed E-state index contributed by atoms with van der Waals surface area (Å²) in [5.74, 6) is -5.67. The minimum absolute atomic E-state index is 0.0371. The van der Waals surface area contributed by atoms with Gasteiger partial charge in [-0.05, 0) is 37.1 Å². The lowest BCUT2D eigenvalue weighted by Gasteiger charge is -2.29. The minimum atomic E-state index is -3.28. The normalized spacial score (nSPS) is 20.3. The summed E-state index contributed by atoms with van der Waals surface area (Å²) in [5.41, 5.74) is 0.173. The fraction of sp³-hybridized carbons (Fsp3) is 0.385. The predicted molar refractivity (Wildman–Crippen MR) is 126 cm³/mol. The fourth-order valence-electron chi connectivity index (χ4n) is 4.60. The first-order chi connectivity index (χ1) is 17.7. The van der Waals surface area contributed by atoms with E-state index in [4.69, 9.17) is 14.2 Å². The number of nitrogens with zero attached hydrogens (tertiary/aromatic N) is 3. The Bertz CT molecular complexity index is 1220. The number of methoxy groups -OCH3 is 2. The number of alkyl halides is 2. The first-order valence-corrected chi connectivity index (χ1v) is 11.6. The molecule has 0 N–H and O–H groups in total. The fourth-order valence-corrected chi connectivity index (χ4v) is 4.60. The Balaban J connectivity index is 1.64. The molecule has 0 bridgehead atoms. The number of rotatable bonds is 6. The molecule has 37 heavy (non-hydrogen) atoms. The van der Waals surface area contributed by atoms with Gasteiger partial charge in [-0.15, -0.1) is 0 Å². The molecule has 9 nitrogen and oxygen atoms in total. The summed E-state index contributed by atoms with van der Waals surface area (Å²) in [5, 5.41) is 9.32. The molecular formula is C26H25F2N3O6. The van der Waals surface area contributed by atoms with Crippen molar-refractivity contribution in [2.24, 2.45) is 0 Å². The molecule has 0 spiro atoms. The molecule has 2 aliphatic rings. The third kappa shape index (κ3) is 5.18. The Morgan fingerprint density at radius 2 is 1.68 bits per heavy atom. The van der Waals surface area contributed by atoms with Crippen LogP contribution in [-0.4, -0.2) is 72.9 Å². The monoisotopic (exact) mass is 513 g/mol. The van der Waals surface area contributed by atoms with Gasteiger partial charge in [0, 0.05) is 18.5 Å². The van der Waals surface area contributed by atoms with Crippen LogP contribution in [0.1, 0.15) is 40.0 Å². The number of carbonyl (C=O) groups is 3. The lowest BCUT2D eigenvalue weighted by atomic mass is 10.1. The van der Waals surface area contributed by atoms with E-state index in [1.54, 1.807) is 30.3 Å². The molecule has 11 heteroatoms. The molecule has 2 aliphatic heterocycles. The van der Waals surface area contributed by atoms with E-state index in [0.29, 0.717) is 12.8 Å². The number of hydrogen-bond acceptors (Lipinski definition) is 7. The Morgan fingerprint density at radius 3 is 2.27 bits per heavy atom. The second-order valence-electron chi connectivity index (χ2n) is 8.79. The zero-order chi connectivity index (χ0) is 26.7. The van der Waals surface area contributed by atoms with Crippen molar-refractivity contribution in [1.82, 2.24) is 9.80 Å². The smallest absolute Gasteiger partial charge is 0.343 e. The predicted octanol–water partition coefficient (Wildman–Crippen LogP) is 3.29. The average molecular weight is 513 g/mol. The molecule has 2 atom stereocenters. The Hall–Kier alpha value is -4.20. The second kappa shape index (κ2) is 10.4. The van der Waals surface area contributed by atoms with Crippen molar-refractivity contribution in [2.75, 3.05) is 27.3 Å². The van der Waals surface area contributed by atoms with E-state index in [1.807, 2.05) is 6.07 Å². The molecule has 2 heterocycles. The van der Waals surface area contributed by atoms with Gasteiger partial charge in [0.05, 0.1) is 32.4 Å². The molecule has 0 aromatic heterocycles. The number of hydrogen-bond donors (Lipinski definition) is 0. The van der Waals surface area contributed by atoms with Crippen LogP contribution in [0.4, 0.5) is 8.78 Å². The number of esters is 1. The van der Waals surface area contributed by atoms with Crippen LogP contribution in [0.15, 0.2) is 42.5 Å². The molecule has 194 valence electrons. The van der Waals surface area contributed by atoms with Crippen LogP contribution in [0.5, 0.6) is 17.2 Å². The first-order valence-electron chi connectivity index (χ1n) is 11.6. The van der Waals surface area contributed by atoms with E-state index in [1.165, 1.54) is 31.3 Å². The van der Waals surface area contributed by atoms with Crippen molar-refractivity contribution in [2.45, 2.75) is 37.3 Å². The van der Waals surface area contributed by atoms with Gasteiger partial charge in [-0.25, -0.2) is 13.6 Å². The van der Waals surface area contributed by atoms with E-state index in [0.717, 1.165) is 4.90 Å². The quantitative estimate of drug-likeness (QED) is 0.431. The number of benzene rings is 2. The number of likely N-dealkylation sites (tertiary alicyclic amines) is 2. The van der Waals surface area contributed by atoms with Gasteiger partial charge in [0.25, 0.3) is 11.8 Å². The Kier molecular flexibility index (Phi) is 7.29.